The summed E-state index contributed by atoms with van der Waals surface area (Å²) < 4.78 is 24.2. The van der Waals surface area contributed by atoms with Crippen LogP contribution in [-0.2, 0) is 9.53 Å². The quantitative estimate of drug-likeness (QED) is 0.862. The Morgan fingerprint density at radius 3 is 2.55 bits per heavy atom. The van der Waals surface area contributed by atoms with Crippen LogP contribution in [0.5, 0.6) is 5.75 Å². The molecule has 0 bridgehead atoms. The van der Waals surface area contributed by atoms with Gasteiger partial charge in [0.25, 0.3) is 5.91 Å². The largest absolute Gasteiger partial charge is 0.484 e. The first-order chi connectivity index (χ1) is 10.7. The van der Waals surface area contributed by atoms with Crippen LogP contribution in [0.4, 0.5) is 4.39 Å². The van der Waals surface area contributed by atoms with Gasteiger partial charge in [-0.15, -0.1) is 0 Å². The number of carbonyl (C=O) groups is 1. The minimum Gasteiger partial charge on any atom is -0.484 e. The molecule has 1 amide bonds. The number of likely N-dealkylation sites (tertiary alicyclic amines) is 1. The lowest BCUT2D eigenvalue weighted by atomic mass is 9.84. The molecule has 120 valence electrons. The Balaban J connectivity index is 1.46. The van der Waals surface area contributed by atoms with Crippen LogP contribution in [0.2, 0.25) is 0 Å². The first-order valence-electron chi connectivity index (χ1n) is 7.97. The summed E-state index contributed by atoms with van der Waals surface area (Å²) in [6.45, 7) is 2.30. The maximum absolute atomic E-state index is 12.8. The van der Waals surface area contributed by atoms with Crippen molar-refractivity contribution in [2.75, 3.05) is 26.3 Å². The maximum Gasteiger partial charge on any atom is 0.260 e. The third-order valence-electron chi connectivity index (χ3n) is 4.64. The SMILES string of the molecule is O=C(COc1ccc(F)cc1)N1CCC2(CCCCO2)CC1. The molecule has 2 saturated heterocycles. The minimum atomic E-state index is -0.313. The van der Waals surface area contributed by atoms with E-state index in [4.69, 9.17) is 9.47 Å². The summed E-state index contributed by atoms with van der Waals surface area (Å²) in [4.78, 5) is 14.0. The van der Waals surface area contributed by atoms with Crippen molar-refractivity contribution in [3.8, 4) is 5.75 Å². The summed E-state index contributed by atoms with van der Waals surface area (Å²) in [5, 5.41) is 0. The highest BCUT2D eigenvalue weighted by Crippen LogP contribution is 2.34. The zero-order chi connectivity index (χ0) is 15.4. The summed E-state index contributed by atoms with van der Waals surface area (Å²) in [5.74, 6) is 0.182. The topological polar surface area (TPSA) is 38.8 Å². The number of piperidine rings is 1. The van der Waals surface area contributed by atoms with Crippen molar-refractivity contribution in [3.05, 3.63) is 30.1 Å². The highest BCUT2D eigenvalue weighted by Gasteiger charge is 2.37. The molecule has 0 aliphatic carbocycles. The Labute approximate surface area is 130 Å². The third-order valence-corrected chi connectivity index (χ3v) is 4.64. The van der Waals surface area contributed by atoms with Gasteiger partial charge in [0.1, 0.15) is 11.6 Å². The van der Waals surface area contributed by atoms with E-state index in [1.807, 2.05) is 4.90 Å². The van der Waals surface area contributed by atoms with Crippen molar-refractivity contribution in [2.45, 2.75) is 37.7 Å². The van der Waals surface area contributed by atoms with Gasteiger partial charge in [-0.05, 0) is 56.4 Å². The number of amides is 1. The minimum absolute atomic E-state index is 0.000506. The predicted octanol–water partition coefficient (Wildman–Crippen LogP) is 2.77. The van der Waals surface area contributed by atoms with Crippen molar-refractivity contribution in [2.24, 2.45) is 0 Å². The van der Waals surface area contributed by atoms with Crippen molar-refractivity contribution in [1.82, 2.24) is 4.90 Å². The number of halogens is 1. The third kappa shape index (κ3) is 3.58. The standard InChI is InChI=1S/C17H22FNO3/c18-14-3-5-15(6-4-14)21-13-16(20)19-10-8-17(9-11-19)7-1-2-12-22-17/h3-6H,1-2,7-13H2. The van der Waals surface area contributed by atoms with E-state index in [0.717, 1.165) is 45.4 Å². The molecule has 2 fully saturated rings. The van der Waals surface area contributed by atoms with Gasteiger partial charge in [0.05, 0.1) is 5.60 Å². The molecule has 1 aromatic carbocycles. The number of benzene rings is 1. The second-order valence-electron chi connectivity index (χ2n) is 6.11. The number of rotatable bonds is 3. The van der Waals surface area contributed by atoms with Gasteiger partial charge in [-0.3, -0.25) is 4.79 Å². The van der Waals surface area contributed by atoms with Crippen LogP contribution in [-0.4, -0.2) is 42.7 Å². The summed E-state index contributed by atoms with van der Waals surface area (Å²) in [5.41, 5.74) is 0.00679. The smallest absolute Gasteiger partial charge is 0.260 e. The molecule has 0 radical (unpaired) electrons. The van der Waals surface area contributed by atoms with Crippen molar-refractivity contribution < 1.29 is 18.7 Å². The lowest BCUT2D eigenvalue weighted by Crippen LogP contribution is -2.50. The van der Waals surface area contributed by atoms with E-state index < -0.39 is 0 Å². The molecule has 2 aliphatic rings. The van der Waals surface area contributed by atoms with Crippen molar-refractivity contribution in [1.29, 1.82) is 0 Å². The molecule has 0 saturated carbocycles. The number of carbonyl (C=O) groups excluding carboxylic acids is 1. The van der Waals surface area contributed by atoms with Gasteiger partial charge in [0.15, 0.2) is 6.61 Å². The van der Waals surface area contributed by atoms with E-state index in [1.165, 1.54) is 30.7 Å². The summed E-state index contributed by atoms with van der Waals surface area (Å²) >= 11 is 0. The van der Waals surface area contributed by atoms with Crippen LogP contribution >= 0.6 is 0 Å². The predicted molar refractivity (Wildman–Crippen MR) is 80.2 cm³/mol. The molecule has 0 aromatic heterocycles. The Hall–Kier alpha value is -1.62. The van der Waals surface area contributed by atoms with Gasteiger partial charge in [-0.1, -0.05) is 0 Å². The fraction of sp³-hybridized carbons (Fsp3) is 0.588. The summed E-state index contributed by atoms with van der Waals surface area (Å²) in [6.07, 6.45) is 5.31. The van der Waals surface area contributed by atoms with E-state index in [1.54, 1.807) is 0 Å². The molecular formula is C17H22FNO3. The van der Waals surface area contributed by atoms with E-state index in [0.29, 0.717) is 5.75 Å². The second kappa shape index (κ2) is 6.65. The van der Waals surface area contributed by atoms with E-state index in [2.05, 4.69) is 0 Å². The highest BCUT2D eigenvalue weighted by atomic mass is 19.1. The molecular weight excluding hydrogens is 285 g/mol. The number of ether oxygens (including phenoxy) is 2. The van der Waals surface area contributed by atoms with Gasteiger partial charge >= 0.3 is 0 Å². The van der Waals surface area contributed by atoms with Crippen molar-refractivity contribution in [3.63, 3.8) is 0 Å². The number of nitrogens with zero attached hydrogens (tertiary/aromatic N) is 1. The number of hydrogen-bond donors (Lipinski definition) is 0. The zero-order valence-corrected chi connectivity index (χ0v) is 12.7. The summed E-state index contributed by atoms with van der Waals surface area (Å²) in [6, 6.07) is 5.71. The molecule has 0 unspecified atom stereocenters. The van der Waals surface area contributed by atoms with Crippen LogP contribution in [0, 0.1) is 5.82 Å². The average molecular weight is 307 g/mol. The van der Waals surface area contributed by atoms with Crippen LogP contribution in [0.15, 0.2) is 24.3 Å². The van der Waals surface area contributed by atoms with Crippen LogP contribution in [0.25, 0.3) is 0 Å². The average Bonchev–Trinajstić information content (AvgIpc) is 2.55. The monoisotopic (exact) mass is 307 g/mol. The van der Waals surface area contributed by atoms with Gasteiger partial charge in [-0.25, -0.2) is 4.39 Å². The molecule has 3 rings (SSSR count). The Morgan fingerprint density at radius 2 is 1.91 bits per heavy atom. The van der Waals surface area contributed by atoms with E-state index in [9.17, 15) is 9.18 Å². The Kier molecular flexibility index (Phi) is 4.62. The molecule has 1 aromatic rings. The fourth-order valence-electron chi connectivity index (χ4n) is 3.24. The normalized spacial score (nSPS) is 20.9. The molecule has 4 nitrogen and oxygen atoms in total. The lowest BCUT2D eigenvalue weighted by Gasteiger charge is -2.43. The van der Waals surface area contributed by atoms with Gasteiger partial charge in [-0.2, -0.15) is 0 Å². The van der Waals surface area contributed by atoms with Crippen LogP contribution in [0.3, 0.4) is 0 Å². The van der Waals surface area contributed by atoms with Gasteiger partial charge in [0, 0.05) is 19.7 Å². The highest BCUT2D eigenvalue weighted by molar-refractivity contribution is 5.77. The van der Waals surface area contributed by atoms with Gasteiger partial charge < -0.3 is 14.4 Å². The molecule has 0 N–H and O–H groups in total. The molecule has 5 heteroatoms. The molecule has 22 heavy (non-hydrogen) atoms. The first-order valence-corrected chi connectivity index (χ1v) is 7.97. The fourth-order valence-corrected chi connectivity index (χ4v) is 3.24. The molecule has 2 aliphatic heterocycles. The van der Waals surface area contributed by atoms with Crippen LogP contribution in [0.1, 0.15) is 32.1 Å². The molecule has 0 atom stereocenters. The van der Waals surface area contributed by atoms with E-state index in [-0.39, 0.29) is 23.9 Å². The molecule has 2 heterocycles. The second-order valence-corrected chi connectivity index (χ2v) is 6.11. The van der Waals surface area contributed by atoms with Crippen molar-refractivity contribution >= 4 is 5.91 Å². The lowest BCUT2D eigenvalue weighted by molar-refractivity contribution is -0.144. The first kappa shape index (κ1) is 15.3. The zero-order valence-electron chi connectivity index (χ0n) is 12.7. The van der Waals surface area contributed by atoms with Crippen LogP contribution < -0.4 is 4.74 Å². The molecule has 1 spiro atoms. The summed E-state index contributed by atoms with van der Waals surface area (Å²) in [7, 11) is 0. The van der Waals surface area contributed by atoms with Gasteiger partial charge in [0.2, 0.25) is 0 Å². The number of hydrogen-bond acceptors (Lipinski definition) is 3. The van der Waals surface area contributed by atoms with E-state index >= 15 is 0 Å². The Morgan fingerprint density at radius 1 is 1.18 bits per heavy atom. The maximum atomic E-state index is 12.8. The Bertz CT molecular complexity index is 501.